The number of nitrogens with one attached hydrogen (secondary N) is 1. The quantitative estimate of drug-likeness (QED) is 0.647. The first kappa shape index (κ1) is 13.0. The van der Waals surface area contributed by atoms with Crippen LogP contribution in [0.4, 0.5) is 5.95 Å². The van der Waals surface area contributed by atoms with Crippen molar-refractivity contribution in [1.29, 1.82) is 0 Å². The van der Waals surface area contributed by atoms with E-state index in [0.29, 0.717) is 6.61 Å². The monoisotopic (exact) mass is 227 g/mol. The van der Waals surface area contributed by atoms with Gasteiger partial charge >= 0.3 is 0 Å². The molecule has 92 valence electrons. The Morgan fingerprint density at radius 2 is 2.06 bits per heavy atom. The topological polar surface area (TPSA) is 48.3 Å². The van der Waals surface area contributed by atoms with Gasteiger partial charge in [-0.25, -0.2) is 4.98 Å². The van der Waals surface area contributed by atoms with Gasteiger partial charge in [-0.2, -0.15) is 0 Å². The summed E-state index contributed by atoms with van der Waals surface area (Å²) < 4.78 is 12.1. The van der Waals surface area contributed by atoms with Gasteiger partial charge in [-0.05, 0) is 12.8 Å². The minimum atomic E-state index is 0.691. The van der Waals surface area contributed by atoms with Crippen LogP contribution in [0.2, 0.25) is 0 Å². The first-order valence-corrected chi connectivity index (χ1v) is 5.61. The van der Waals surface area contributed by atoms with Crippen molar-refractivity contribution >= 4 is 5.95 Å². The maximum absolute atomic E-state index is 5.01. The molecule has 0 radical (unpaired) electrons. The van der Waals surface area contributed by atoms with E-state index in [0.717, 1.165) is 38.5 Å². The zero-order chi connectivity index (χ0) is 11.6. The van der Waals surface area contributed by atoms with Gasteiger partial charge < -0.3 is 19.4 Å². The first-order valence-electron chi connectivity index (χ1n) is 5.61. The number of anilines is 1. The second-order valence-corrected chi connectivity index (χ2v) is 3.56. The van der Waals surface area contributed by atoms with Crippen LogP contribution >= 0.6 is 0 Å². The Hall–Kier alpha value is -1.07. The number of aromatic nitrogens is 2. The van der Waals surface area contributed by atoms with Crippen molar-refractivity contribution in [3.8, 4) is 0 Å². The van der Waals surface area contributed by atoms with Gasteiger partial charge in [-0.3, -0.25) is 0 Å². The third kappa shape index (κ3) is 4.63. The van der Waals surface area contributed by atoms with Crippen LogP contribution in [0.15, 0.2) is 12.4 Å². The second-order valence-electron chi connectivity index (χ2n) is 3.56. The van der Waals surface area contributed by atoms with Crippen LogP contribution in [-0.2, 0) is 16.0 Å². The SMILES string of the molecule is COCCCCn1ccnc1NCCOC. The Morgan fingerprint density at radius 3 is 2.81 bits per heavy atom. The Bertz CT molecular complexity index is 276. The van der Waals surface area contributed by atoms with Gasteiger partial charge in [0, 0.05) is 46.3 Å². The molecule has 0 amide bonds. The van der Waals surface area contributed by atoms with E-state index in [1.54, 1.807) is 14.2 Å². The van der Waals surface area contributed by atoms with Crippen LogP contribution in [0.3, 0.4) is 0 Å². The van der Waals surface area contributed by atoms with Crippen LogP contribution in [0.1, 0.15) is 12.8 Å². The van der Waals surface area contributed by atoms with E-state index in [4.69, 9.17) is 9.47 Å². The molecule has 1 rings (SSSR count). The number of aryl methyl sites for hydroxylation is 1. The van der Waals surface area contributed by atoms with Gasteiger partial charge in [0.1, 0.15) is 0 Å². The molecular formula is C11H21N3O2. The molecule has 0 saturated carbocycles. The van der Waals surface area contributed by atoms with Gasteiger partial charge in [0.2, 0.25) is 5.95 Å². The summed E-state index contributed by atoms with van der Waals surface area (Å²) in [5, 5.41) is 3.23. The number of hydrogen-bond donors (Lipinski definition) is 1. The molecule has 0 atom stereocenters. The summed E-state index contributed by atoms with van der Waals surface area (Å²) in [5.74, 6) is 0.912. The summed E-state index contributed by atoms with van der Waals surface area (Å²) in [6.45, 7) is 3.27. The number of ether oxygens (including phenoxy) is 2. The minimum absolute atomic E-state index is 0.691. The van der Waals surface area contributed by atoms with Gasteiger partial charge in [0.15, 0.2) is 0 Å². The predicted molar refractivity (Wildman–Crippen MR) is 63.7 cm³/mol. The number of imidazole rings is 1. The molecule has 16 heavy (non-hydrogen) atoms. The maximum atomic E-state index is 5.01. The molecule has 1 heterocycles. The Kier molecular flexibility index (Phi) is 6.60. The van der Waals surface area contributed by atoms with Crippen molar-refractivity contribution in [3.05, 3.63) is 12.4 Å². The Morgan fingerprint density at radius 1 is 1.25 bits per heavy atom. The predicted octanol–water partition coefficient (Wildman–Crippen LogP) is 1.37. The lowest BCUT2D eigenvalue weighted by Crippen LogP contribution is -2.12. The van der Waals surface area contributed by atoms with E-state index >= 15 is 0 Å². The highest BCUT2D eigenvalue weighted by molar-refractivity contribution is 5.25. The fraction of sp³-hybridized carbons (Fsp3) is 0.727. The molecule has 0 fully saturated rings. The molecule has 1 aromatic rings. The molecule has 0 aliphatic rings. The summed E-state index contributed by atoms with van der Waals surface area (Å²) in [6, 6.07) is 0. The van der Waals surface area contributed by atoms with Crippen molar-refractivity contribution in [2.24, 2.45) is 0 Å². The number of rotatable bonds is 9. The van der Waals surface area contributed by atoms with Crippen LogP contribution in [0.25, 0.3) is 0 Å². The zero-order valence-electron chi connectivity index (χ0n) is 10.1. The number of methoxy groups -OCH3 is 2. The third-order valence-electron chi connectivity index (χ3n) is 2.30. The zero-order valence-corrected chi connectivity index (χ0v) is 10.1. The number of hydrogen-bond acceptors (Lipinski definition) is 4. The fourth-order valence-electron chi connectivity index (χ4n) is 1.45. The normalized spacial score (nSPS) is 10.6. The standard InChI is InChI=1S/C11H21N3O2/c1-15-9-4-3-7-14-8-5-12-11(14)13-6-10-16-2/h5,8H,3-4,6-7,9-10H2,1-2H3,(H,12,13). The molecule has 5 heteroatoms. The van der Waals surface area contributed by atoms with Crippen molar-refractivity contribution in [2.45, 2.75) is 19.4 Å². The third-order valence-corrected chi connectivity index (χ3v) is 2.30. The first-order chi connectivity index (χ1) is 7.88. The molecule has 1 aromatic heterocycles. The molecule has 0 saturated heterocycles. The van der Waals surface area contributed by atoms with Crippen molar-refractivity contribution < 1.29 is 9.47 Å². The smallest absolute Gasteiger partial charge is 0.202 e. The molecule has 0 spiro atoms. The highest BCUT2D eigenvalue weighted by atomic mass is 16.5. The highest BCUT2D eigenvalue weighted by Crippen LogP contribution is 2.06. The van der Waals surface area contributed by atoms with E-state index in [1.165, 1.54) is 0 Å². The highest BCUT2D eigenvalue weighted by Gasteiger charge is 2.00. The van der Waals surface area contributed by atoms with E-state index < -0.39 is 0 Å². The van der Waals surface area contributed by atoms with E-state index in [-0.39, 0.29) is 0 Å². The minimum Gasteiger partial charge on any atom is -0.385 e. The van der Waals surface area contributed by atoms with E-state index in [9.17, 15) is 0 Å². The average molecular weight is 227 g/mol. The largest absolute Gasteiger partial charge is 0.385 e. The lowest BCUT2D eigenvalue weighted by molar-refractivity contribution is 0.191. The lowest BCUT2D eigenvalue weighted by atomic mass is 10.3. The van der Waals surface area contributed by atoms with Crippen LogP contribution in [-0.4, -0.2) is 43.5 Å². The molecule has 0 unspecified atom stereocenters. The van der Waals surface area contributed by atoms with Crippen LogP contribution < -0.4 is 5.32 Å². The maximum Gasteiger partial charge on any atom is 0.202 e. The van der Waals surface area contributed by atoms with E-state index in [2.05, 4.69) is 14.9 Å². The van der Waals surface area contributed by atoms with E-state index in [1.807, 2.05) is 12.4 Å². The molecule has 0 aromatic carbocycles. The van der Waals surface area contributed by atoms with Crippen LogP contribution in [0, 0.1) is 0 Å². The summed E-state index contributed by atoms with van der Waals surface area (Å²) in [6.07, 6.45) is 5.97. The Balaban J connectivity index is 2.26. The van der Waals surface area contributed by atoms with Gasteiger partial charge in [0.25, 0.3) is 0 Å². The van der Waals surface area contributed by atoms with Crippen molar-refractivity contribution in [1.82, 2.24) is 9.55 Å². The fourth-order valence-corrected chi connectivity index (χ4v) is 1.45. The molecule has 1 N–H and O–H groups in total. The van der Waals surface area contributed by atoms with Crippen LogP contribution in [0.5, 0.6) is 0 Å². The van der Waals surface area contributed by atoms with Gasteiger partial charge in [0.05, 0.1) is 6.61 Å². The summed E-state index contributed by atoms with van der Waals surface area (Å²) in [5.41, 5.74) is 0. The molecule has 0 aliphatic carbocycles. The molecule has 0 aliphatic heterocycles. The summed E-state index contributed by atoms with van der Waals surface area (Å²) in [4.78, 5) is 4.25. The molecule has 0 bridgehead atoms. The van der Waals surface area contributed by atoms with Crippen molar-refractivity contribution in [3.63, 3.8) is 0 Å². The average Bonchev–Trinajstić information content (AvgIpc) is 2.73. The van der Waals surface area contributed by atoms with Crippen molar-refractivity contribution in [2.75, 3.05) is 39.3 Å². The van der Waals surface area contributed by atoms with Gasteiger partial charge in [-0.1, -0.05) is 0 Å². The molecular weight excluding hydrogens is 206 g/mol. The summed E-state index contributed by atoms with van der Waals surface area (Å²) in [7, 11) is 3.42. The lowest BCUT2D eigenvalue weighted by Gasteiger charge is -2.09. The molecule has 5 nitrogen and oxygen atoms in total. The van der Waals surface area contributed by atoms with Gasteiger partial charge in [-0.15, -0.1) is 0 Å². The number of unbranched alkanes of at least 4 members (excludes halogenated alkanes) is 1. The summed E-state index contributed by atoms with van der Waals surface area (Å²) >= 11 is 0. The number of nitrogens with zero attached hydrogens (tertiary/aromatic N) is 2. The Labute approximate surface area is 96.8 Å². The second kappa shape index (κ2) is 8.13.